The van der Waals surface area contributed by atoms with Crippen LogP contribution in [0.25, 0.3) is 0 Å². The van der Waals surface area contributed by atoms with Gasteiger partial charge in [0, 0.05) is 23.8 Å². The molecule has 2 nitrogen and oxygen atoms in total. The van der Waals surface area contributed by atoms with E-state index in [1.54, 1.807) is 6.07 Å². The number of rotatable bonds is 4. The molecule has 3 rings (SSSR count). The van der Waals surface area contributed by atoms with Crippen molar-refractivity contribution < 1.29 is 4.39 Å². The Kier molecular flexibility index (Phi) is 4.85. The molecule has 4 heteroatoms. The number of benzene rings is 1. The highest BCUT2D eigenvalue weighted by molar-refractivity contribution is 9.10. The van der Waals surface area contributed by atoms with Crippen molar-refractivity contribution in [3.63, 3.8) is 0 Å². The van der Waals surface area contributed by atoms with Crippen molar-refractivity contribution in [3.05, 3.63) is 28.5 Å². The first kappa shape index (κ1) is 15.3. The Hall–Kier alpha value is -0.610. The van der Waals surface area contributed by atoms with E-state index in [-0.39, 0.29) is 5.82 Å². The fourth-order valence-corrected chi connectivity index (χ4v) is 4.33. The predicted octanol–water partition coefficient (Wildman–Crippen LogP) is 4.48. The van der Waals surface area contributed by atoms with Crippen LogP contribution in [0.1, 0.15) is 45.4 Å². The Morgan fingerprint density at radius 1 is 1.29 bits per heavy atom. The van der Waals surface area contributed by atoms with E-state index >= 15 is 0 Å². The molecule has 21 heavy (non-hydrogen) atoms. The van der Waals surface area contributed by atoms with Crippen LogP contribution in [0.15, 0.2) is 22.7 Å². The van der Waals surface area contributed by atoms with E-state index in [0.29, 0.717) is 22.6 Å². The minimum absolute atomic E-state index is 0.177. The van der Waals surface area contributed by atoms with Crippen LogP contribution in [0, 0.1) is 5.82 Å². The number of halogens is 2. The molecule has 2 bridgehead atoms. The molecule has 2 fully saturated rings. The Bertz CT molecular complexity index is 480. The molecule has 2 atom stereocenters. The van der Waals surface area contributed by atoms with Gasteiger partial charge in [-0.2, -0.15) is 0 Å². The molecule has 2 heterocycles. The second-order valence-corrected chi connectivity index (χ2v) is 7.22. The van der Waals surface area contributed by atoms with Gasteiger partial charge < -0.3 is 10.2 Å². The molecule has 0 aromatic heterocycles. The van der Waals surface area contributed by atoms with E-state index in [9.17, 15) is 4.39 Å². The molecule has 2 aliphatic rings. The van der Waals surface area contributed by atoms with Gasteiger partial charge >= 0.3 is 0 Å². The summed E-state index contributed by atoms with van der Waals surface area (Å²) >= 11 is 3.32. The standard InChI is InChI=1S/C17H24BrFN2/c1-2-8-20-12-9-13-4-3-5-14(10-12)21(13)15-6-7-17(19)16(18)11-15/h6-7,11-14,20H,2-5,8-10H2,1H3. The molecule has 0 saturated carbocycles. The third-order valence-corrected chi connectivity index (χ3v) is 5.47. The van der Waals surface area contributed by atoms with Crippen LogP contribution in [0.3, 0.4) is 0 Å². The quantitative estimate of drug-likeness (QED) is 0.857. The van der Waals surface area contributed by atoms with E-state index in [1.165, 1.54) is 44.2 Å². The van der Waals surface area contributed by atoms with Crippen molar-refractivity contribution in [3.8, 4) is 0 Å². The van der Waals surface area contributed by atoms with Gasteiger partial charge in [0.15, 0.2) is 0 Å². The summed E-state index contributed by atoms with van der Waals surface area (Å²) in [7, 11) is 0. The highest BCUT2D eigenvalue weighted by Crippen LogP contribution is 2.38. The topological polar surface area (TPSA) is 15.3 Å². The highest BCUT2D eigenvalue weighted by Gasteiger charge is 2.38. The van der Waals surface area contributed by atoms with Gasteiger partial charge in [0.2, 0.25) is 0 Å². The molecule has 0 amide bonds. The lowest BCUT2D eigenvalue weighted by atomic mass is 9.81. The van der Waals surface area contributed by atoms with Crippen molar-refractivity contribution in [1.29, 1.82) is 0 Å². The van der Waals surface area contributed by atoms with Crippen molar-refractivity contribution >= 4 is 21.6 Å². The summed E-state index contributed by atoms with van der Waals surface area (Å²) in [6.45, 7) is 3.34. The van der Waals surface area contributed by atoms with E-state index in [4.69, 9.17) is 0 Å². The van der Waals surface area contributed by atoms with Crippen molar-refractivity contribution in [2.45, 2.75) is 63.6 Å². The SMILES string of the molecule is CCCNC1CC2CCCC(C1)N2c1ccc(F)c(Br)c1. The average molecular weight is 355 g/mol. The van der Waals surface area contributed by atoms with Gasteiger partial charge in [-0.15, -0.1) is 0 Å². The summed E-state index contributed by atoms with van der Waals surface area (Å²) in [6, 6.07) is 7.32. The molecule has 2 aliphatic heterocycles. The van der Waals surface area contributed by atoms with Gasteiger partial charge in [0.25, 0.3) is 0 Å². The Balaban J connectivity index is 1.78. The van der Waals surface area contributed by atoms with Gasteiger partial charge in [-0.1, -0.05) is 6.92 Å². The third-order valence-electron chi connectivity index (χ3n) is 4.86. The molecule has 0 radical (unpaired) electrons. The first-order valence-corrected chi connectivity index (χ1v) is 8.95. The maximum atomic E-state index is 13.5. The zero-order chi connectivity index (χ0) is 14.8. The number of hydrogen-bond acceptors (Lipinski definition) is 2. The van der Waals surface area contributed by atoms with Gasteiger partial charge in [-0.05, 0) is 79.2 Å². The average Bonchev–Trinajstić information content (AvgIpc) is 2.47. The van der Waals surface area contributed by atoms with Crippen LogP contribution in [0.4, 0.5) is 10.1 Å². The summed E-state index contributed by atoms with van der Waals surface area (Å²) in [5.41, 5.74) is 1.17. The van der Waals surface area contributed by atoms with Crippen LogP contribution >= 0.6 is 15.9 Å². The second kappa shape index (κ2) is 6.66. The van der Waals surface area contributed by atoms with Crippen molar-refractivity contribution in [2.24, 2.45) is 0 Å². The maximum Gasteiger partial charge on any atom is 0.137 e. The normalized spacial score (nSPS) is 28.7. The number of nitrogens with zero attached hydrogens (tertiary/aromatic N) is 1. The predicted molar refractivity (Wildman–Crippen MR) is 89.3 cm³/mol. The van der Waals surface area contributed by atoms with Crippen molar-refractivity contribution in [2.75, 3.05) is 11.4 Å². The third kappa shape index (κ3) is 3.26. The molecule has 116 valence electrons. The molecular formula is C17H24BrFN2. The number of anilines is 1. The first-order chi connectivity index (χ1) is 10.2. The van der Waals surface area contributed by atoms with Crippen molar-refractivity contribution in [1.82, 2.24) is 5.32 Å². The minimum Gasteiger partial charge on any atom is -0.365 e. The summed E-state index contributed by atoms with van der Waals surface area (Å²) in [6.07, 6.45) is 7.47. The Morgan fingerprint density at radius 2 is 2.00 bits per heavy atom. The Labute approximate surface area is 135 Å². The minimum atomic E-state index is -0.177. The molecule has 1 N–H and O–H groups in total. The van der Waals surface area contributed by atoms with Crippen LogP contribution in [0.5, 0.6) is 0 Å². The number of nitrogens with one attached hydrogen (secondary N) is 1. The lowest BCUT2D eigenvalue weighted by Gasteiger charge is -2.50. The lowest BCUT2D eigenvalue weighted by molar-refractivity contribution is 0.246. The van der Waals surface area contributed by atoms with Crippen LogP contribution in [-0.4, -0.2) is 24.7 Å². The molecule has 0 spiro atoms. The monoisotopic (exact) mass is 354 g/mol. The molecule has 0 aliphatic carbocycles. The second-order valence-electron chi connectivity index (χ2n) is 6.37. The van der Waals surface area contributed by atoms with Crippen LogP contribution in [-0.2, 0) is 0 Å². The Morgan fingerprint density at radius 3 is 2.62 bits per heavy atom. The van der Waals surface area contributed by atoms with E-state index < -0.39 is 0 Å². The van der Waals surface area contributed by atoms with Gasteiger partial charge in [-0.3, -0.25) is 0 Å². The molecule has 2 unspecified atom stereocenters. The van der Waals surface area contributed by atoms with E-state index in [2.05, 4.69) is 33.1 Å². The number of piperidine rings is 2. The first-order valence-electron chi connectivity index (χ1n) is 8.15. The summed E-state index contributed by atoms with van der Waals surface area (Å²) in [5, 5.41) is 3.70. The highest BCUT2D eigenvalue weighted by atomic mass is 79.9. The summed E-state index contributed by atoms with van der Waals surface area (Å²) in [5.74, 6) is -0.177. The fourth-order valence-electron chi connectivity index (χ4n) is 3.96. The molecule has 1 aromatic rings. The largest absolute Gasteiger partial charge is 0.365 e. The van der Waals surface area contributed by atoms with E-state index in [1.807, 2.05) is 12.1 Å². The van der Waals surface area contributed by atoms with Crippen LogP contribution in [0.2, 0.25) is 0 Å². The fraction of sp³-hybridized carbons (Fsp3) is 0.647. The van der Waals surface area contributed by atoms with Gasteiger partial charge in [0.05, 0.1) is 4.47 Å². The van der Waals surface area contributed by atoms with Crippen LogP contribution < -0.4 is 10.2 Å². The summed E-state index contributed by atoms with van der Waals surface area (Å²) in [4.78, 5) is 2.55. The van der Waals surface area contributed by atoms with E-state index in [0.717, 1.165) is 6.54 Å². The lowest BCUT2D eigenvalue weighted by Crippen LogP contribution is -2.56. The number of hydrogen-bond donors (Lipinski definition) is 1. The van der Waals surface area contributed by atoms with Gasteiger partial charge in [0.1, 0.15) is 5.82 Å². The zero-order valence-electron chi connectivity index (χ0n) is 12.6. The number of fused-ring (bicyclic) bond motifs is 2. The maximum absolute atomic E-state index is 13.5. The zero-order valence-corrected chi connectivity index (χ0v) is 14.2. The van der Waals surface area contributed by atoms with Gasteiger partial charge in [-0.25, -0.2) is 4.39 Å². The molecule has 1 aromatic carbocycles. The summed E-state index contributed by atoms with van der Waals surface area (Å²) < 4.78 is 14.1. The molecular weight excluding hydrogens is 331 g/mol. The molecule has 2 saturated heterocycles. The smallest absolute Gasteiger partial charge is 0.137 e.